The van der Waals surface area contributed by atoms with Gasteiger partial charge in [-0.3, -0.25) is 10.5 Å². The van der Waals surface area contributed by atoms with Crippen molar-refractivity contribution in [2.75, 3.05) is 0 Å². The number of hydrogen-bond acceptors (Lipinski definition) is 1. The fourth-order valence-corrected chi connectivity index (χ4v) is 2.71. The highest BCUT2D eigenvalue weighted by Crippen LogP contribution is 2.40. The third kappa shape index (κ3) is 3.51. The fraction of sp³-hybridized carbons (Fsp3) is 0.923. The van der Waals surface area contributed by atoms with E-state index < -0.39 is 0 Å². The normalized spacial score (nSPS) is 20.1. The molecule has 1 rings (SSSR count). The summed E-state index contributed by atoms with van der Waals surface area (Å²) in [6.07, 6.45) is 11.3. The summed E-state index contributed by atoms with van der Waals surface area (Å²) < 4.78 is 0. The molecule has 87 valence electrons. The molecule has 2 nitrogen and oxygen atoms in total. The van der Waals surface area contributed by atoms with Crippen molar-refractivity contribution in [2.24, 2.45) is 5.41 Å². The predicted molar refractivity (Wildman–Crippen MR) is 62.4 cm³/mol. The highest BCUT2D eigenvalue weighted by Gasteiger charge is 2.37. The van der Waals surface area contributed by atoms with E-state index in [0.29, 0.717) is 0 Å². The molecule has 2 heteroatoms. The van der Waals surface area contributed by atoms with Gasteiger partial charge in [0.05, 0.1) is 5.41 Å². The molecule has 1 radical (unpaired) electrons. The molecule has 1 aliphatic carbocycles. The molecule has 1 N–H and O–H groups in total. The summed E-state index contributed by atoms with van der Waals surface area (Å²) in [6.45, 7) is 2.20. The maximum absolute atomic E-state index is 11.5. The van der Waals surface area contributed by atoms with Gasteiger partial charge in [0, 0.05) is 0 Å². The van der Waals surface area contributed by atoms with Crippen LogP contribution in [0.1, 0.15) is 71.1 Å². The van der Waals surface area contributed by atoms with Crippen molar-refractivity contribution in [1.82, 2.24) is 5.73 Å². The molecule has 0 aromatic carbocycles. The van der Waals surface area contributed by atoms with Crippen molar-refractivity contribution in [3.8, 4) is 0 Å². The molecule has 0 aromatic heterocycles. The number of amides is 1. The average Bonchev–Trinajstić information content (AvgIpc) is 2.26. The van der Waals surface area contributed by atoms with E-state index in [4.69, 9.17) is 5.73 Å². The van der Waals surface area contributed by atoms with Crippen LogP contribution in [0, 0.1) is 5.41 Å². The molecule has 15 heavy (non-hydrogen) atoms. The summed E-state index contributed by atoms with van der Waals surface area (Å²) in [5.74, 6) is -0.293. The lowest BCUT2D eigenvalue weighted by Gasteiger charge is -2.33. The molecule has 0 heterocycles. The van der Waals surface area contributed by atoms with Crippen molar-refractivity contribution >= 4 is 5.91 Å². The van der Waals surface area contributed by atoms with Crippen LogP contribution in [0.5, 0.6) is 0 Å². The fourth-order valence-electron chi connectivity index (χ4n) is 2.71. The van der Waals surface area contributed by atoms with Crippen LogP contribution < -0.4 is 5.73 Å². The minimum absolute atomic E-state index is 0.244. The van der Waals surface area contributed by atoms with E-state index in [9.17, 15) is 4.79 Å². The first-order valence-corrected chi connectivity index (χ1v) is 6.47. The Morgan fingerprint density at radius 1 is 1.13 bits per heavy atom. The lowest BCUT2D eigenvalue weighted by Crippen LogP contribution is -2.34. The van der Waals surface area contributed by atoms with Crippen molar-refractivity contribution in [1.29, 1.82) is 0 Å². The number of carbonyl (C=O) groups excluding carboxylic acids is 1. The molecule has 0 bridgehead atoms. The van der Waals surface area contributed by atoms with Crippen molar-refractivity contribution < 1.29 is 4.79 Å². The van der Waals surface area contributed by atoms with Crippen molar-refractivity contribution in [3.05, 3.63) is 0 Å². The van der Waals surface area contributed by atoms with Gasteiger partial charge < -0.3 is 0 Å². The quantitative estimate of drug-likeness (QED) is 0.616. The van der Waals surface area contributed by atoms with E-state index in [2.05, 4.69) is 6.92 Å². The van der Waals surface area contributed by atoms with E-state index in [1.807, 2.05) is 0 Å². The van der Waals surface area contributed by atoms with Gasteiger partial charge in [-0.2, -0.15) is 0 Å². The molecule has 0 spiro atoms. The molecule has 1 saturated carbocycles. The molecular weight excluding hydrogens is 186 g/mol. The summed E-state index contributed by atoms with van der Waals surface area (Å²) in [5.41, 5.74) is 7.22. The molecule has 1 amide bonds. The van der Waals surface area contributed by atoms with Gasteiger partial charge in [0.2, 0.25) is 5.91 Å². The lowest BCUT2D eigenvalue weighted by atomic mass is 9.70. The van der Waals surface area contributed by atoms with E-state index >= 15 is 0 Å². The monoisotopic (exact) mass is 210 g/mol. The zero-order valence-corrected chi connectivity index (χ0v) is 9.98. The maximum Gasteiger partial charge on any atom is 0.244 e. The molecule has 0 unspecified atom stereocenters. The molecule has 1 fully saturated rings. The Hall–Kier alpha value is -0.530. The Morgan fingerprint density at radius 3 is 2.33 bits per heavy atom. The molecule has 0 aromatic rings. The van der Waals surface area contributed by atoms with Crippen LogP contribution in [0.2, 0.25) is 0 Å². The topological polar surface area (TPSA) is 40.9 Å². The van der Waals surface area contributed by atoms with Gasteiger partial charge in [-0.05, 0) is 19.3 Å². The van der Waals surface area contributed by atoms with Gasteiger partial charge in [0.25, 0.3) is 0 Å². The SMILES string of the molecule is CCCCCCC1(C([NH])=O)CCCCC1. The van der Waals surface area contributed by atoms with E-state index in [0.717, 1.165) is 38.5 Å². The highest BCUT2D eigenvalue weighted by atomic mass is 16.1. The molecule has 1 aliphatic rings. The van der Waals surface area contributed by atoms with Crippen LogP contribution in [-0.4, -0.2) is 5.91 Å². The number of nitrogens with one attached hydrogen (secondary N) is 1. The second kappa shape index (κ2) is 6.14. The van der Waals surface area contributed by atoms with E-state index in [1.54, 1.807) is 0 Å². The first-order valence-electron chi connectivity index (χ1n) is 6.47. The van der Waals surface area contributed by atoms with Crippen LogP contribution in [0.15, 0.2) is 0 Å². The highest BCUT2D eigenvalue weighted by molar-refractivity contribution is 5.80. The maximum atomic E-state index is 11.5. The second-order valence-corrected chi connectivity index (χ2v) is 4.98. The van der Waals surface area contributed by atoms with E-state index in [1.165, 1.54) is 25.7 Å². The molecule has 0 atom stereocenters. The largest absolute Gasteiger partial charge is 0.273 e. The number of rotatable bonds is 6. The van der Waals surface area contributed by atoms with Crippen LogP contribution in [-0.2, 0) is 4.79 Å². The van der Waals surface area contributed by atoms with E-state index in [-0.39, 0.29) is 11.3 Å². The summed E-state index contributed by atoms with van der Waals surface area (Å²) >= 11 is 0. The van der Waals surface area contributed by atoms with Gasteiger partial charge in [0.1, 0.15) is 0 Å². The zero-order chi connectivity index (χ0) is 11.1. The van der Waals surface area contributed by atoms with Crippen LogP contribution >= 0.6 is 0 Å². The minimum atomic E-state index is -0.293. The minimum Gasteiger partial charge on any atom is -0.273 e. The van der Waals surface area contributed by atoms with Gasteiger partial charge >= 0.3 is 0 Å². The molecule has 0 saturated heterocycles. The van der Waals surface area contributed by atoms with Gasteiger partial charge in [-0.25, -0.2) is 0 Å². The third-order valence-electron chi connectivity index (χ3n) is 3.80. The van der Waals surface area contributed by atoms with Crippen molar-refractivity contribution in [3.63, 3.8) is 0 Å². The zero-order valence-electron chi connectivity index (χ0n) is 9.98. The van der Waals surface area contributed by atoms with Gasteiger partial charge in [-0.15, -0.1) is 0 Å². The lowest BCUT2D eigenvalue weighted by molar-refractivity contribution is -0.130. The standard InChI is InChI=1S/C13H24NO/c1-2-3-4-6-9-13(12(14)15)10-7-5-8-11-13/h14H,2-11H2,1H3. The number of carbonyl (C=O) groups is 1. The first kappa shape index (κ1) is 12.5. The third-order valence-corrected chi connectivity index (χ3v) is 3.80. The average molecular weight is 210 g/mol. The van der Waals surface area contributed by atoms with Crippen molar-refractivity contribution in [2.45, 2.75) is 71.1 Å². The number of unbranched alkanes of at least 4 members (excludes halogenated alkanes) is 3. The number of hydrogen-bond donors (Lipinski definition) is 0. The van der Waals surface area contributed by atoms with Gasteiger partial charge in [-0.1, -0.05) is 51.9 Å². The first-order chi connectivity index (χ1) is 7.21. The predicted octanol–water partition coefficient (Wildman–Crippen LogP) is 3.72. The summed E-state index contributed by atoms with van der Waals surface area (Å²) in [4.78, 5) is 11.5. The Balaban J connectivity index is 2.39. The van der Waals surface area contributed by atoms with Crippen LogP contribution in [0.25, 0.3) is 0 Å². The summed E-state index contributed by atoms with van der Waals surface area (Å²) in [6, 6.07) is 0. The van der Waals surface area contributed by atoms with Crippen LogP contribution in [0.4, 0.5) is 0 Å². The molecular formula is C13H24NO. The summed E-state index contributed by atoms with van der Waals surface area (Å²) in [7, 11) is 0. The van der Waals surface area contributed by atoms with Gasteiger partial charge in [0.15, 0.2) is 0 Å². The molecule has 0 aliphatic heterocycles. The Morgan fingerprint density at radius 2 is 1.80 bits per heavy atom. The van der Waals surface area contributed by atoms with Crippen LogP contribution in [0.3, 0.4) is 0 Å². The Labute approximate surface area is 93.6 Å². The second-order valence-electron chi connectivity index (χ2n) is 4.98. The summed E-state index contributed by atoms with van der Waals surface area (Å²) in [5, 5.41) is 0. The Bertz CT molecular complexity index is 195. The Kier molecular flexibility index (Phi) is 5.13. The smallest absolute Gasteiger partial charge is 0.244 e.